The Bertz CT molecular complexity index is 320. The molecule has 1 rings (SSSR count). The molecule has 3 nitrogen and oxygen atoms in total. The van der Waals surface area contributed by atoms with Gasteiger partial charge in [-0.05, 0) is 32.5 Å². The van der Waals surface area contributed by atoms with E-state index in [-0.39, 0.29) is 0 Å². The summed E-state index contributed by atoms with van der Waals surface area (Å²) in [5.74, 6) is 1.44. The molecule has 96 valence electrons. The number of pyridine rings is 1. The normalized spacial score (nSPS) is 10.8. The molecule has 0 unspecified atom stereocenters. The molecule has 0 radical (unpaired) electrons. The van der Waals surface area contributed by atoms with E-state index < -0.39 is 0 Å². The Morgan fingerprint density at radius 3 is 2.82 bits per heavy atom. The summed E-state index contributed by atoms with van der Waals surface area (Å²) < 4.78 is 5.11. The molecule has 0 aromatic carbocycles. The van der Waals surface area contributed by atoms with Gasteiger partial charge in [-0.2, -0.15) is 0 Å². The van der Waals surface area contributed by atoms with Crippen molar-refractivity contribution in [3.8, 4) is 5.88 Å². The third kappa shape index (κ3) is 5.89. The standard InChI is InChI=1S/C13H21ClN2O/c1-16(10-5-3-4-9-14)11-12-7-6-8-13(15-12)17-2/h6-8H,3-5,9-11H2,1-2H3. The van der Waals surface area contributed by atoms with Gasteiger partial charge in [0, 0.05) is 18.5 Å². The van der Waals surface area contributed by atoms with Crippen LogP contribution in [0.25, 0.3) is 0 Å². The van der Waals surface area contributed by atoms with Gasteiger partial charge in [0.15, 0.2) is 0 Å². The van der Waals surface area contributed by atoms with Crippen molar-refractivity contribution < 1.29 is 4.74 Å². The lowest BCUT2D eigenvalue weighted by Crippen LogP contribution is -2.19. The summed E-state index contributed by atoms with van der Waals surface area (Å²) in [5, 5.41) is 0. The average molecular weight is 257 g/mol. The number of halogens is 1. The smallest absolute Gasteiger partial charge is 0.213 e. The maximum Gasteiger partial charge on any atom is 0.213 e. The Hall–Kier alpha value is -0.800. The zero-order valence-electron chi connectivity index (χ0n) is 10.7. The van der Waals surface area contributed by atoms with E-state index in [0.717, 1.165) is 31.1 Å². The van der Waals surface area contributed by atoms with Gasteiger partial charge >= 0.3 is 0 Å². The second kappa shape index (κ2) is 8.31. The maximum absolute atomic E-state index is 5.64. The lowest BCUT2D eigenvalue weighted by molar-refractivity contribution is 0.311. The van der Waals surface area contributed by atoms with Crippen LogP contribution in [0.3, 0.4) is 0 Å². The van der Waals surface area contributed by atoms with Crippen LogP contribution in [-0.4, -0.2) is 36.5 Å². The first-order valence-electron chi connectivity index (χ1n) is 6.00. The van der Waals surface area contributed by atoms with Crippen LogP contribution in [-0.2, 0) is 6.54 Å². The summed E-state index contributed by atoms with van der Waals surface area (Å²) in [6.07, 6.45) is 3.49. The Labute approximate surface area is 109 Å². The fraction of sp³-hybridized carbons (Fsp3) is 0.615. The largest absolute Gasteiger partial charge is 0.481 e. The molecular formula is C13H21ClN2O. The van der Waals surface area contributed by atoms with Crippen LogP contribution in [0, 0.1) is 0 Å². The van der Waals surface area contributed by atoms with Gasteiger partial charge in [-0.1, -0.05) is 12.5 Å². The monoisotopic (exact) mass is 256 g/mol. The number of methoxy groups -OCH3 is 1. The number of alkyl halides is 1. The molecular weight excluding hydrogens is 236 g/mol. The molecule has 17 heavy (non-hydrogen) atoms. The average Bonchev–Trinajstić information content (AvgIpc) is 2.35. The molecule has 0 saturated heterocycles. The Kier molecular flexibility index (Phi) is 6.97. The molecule has 0 saturated carbocycles. The van der Waals surface area contributed by atoms with Crippen LogP contribution < -0.4 is 4.74 Å². The van der Waals surface area contributed by atoms with E-state index >= 15 is 0 Å². The summed E-state index contributed by atoms with van der Waals surface area (Å²) >= 11 is 5.64. The van der Waals surface area contributed by atoms with E-state index in [9.17, 15) is 0 Å². The quantitative estimate of drug-likeness (QED) is 0.528. The molecule has 1 heterocycles. The maximum atomic E-state index is 5.64. The summed E-state index contributed by atoms with van der Waals surface area (Å²) in [7, 11) is 3.75. The van der Waals surface area contributed by atoms with Crippen molar-refractivity contribution in [2.75, 3.05) is 26.6 Å². The SMILES string of the molecule is COc1cccc(CN(C)CCCCCCl)n1. The second-order valence-corrected chi connectivity index (χ2v) is 4.54. The van der Waals surface area contributed by atoms with Gasteiger partial charge in [-0.25, -0.2) is 4.98 Å². The van der Waals surface area contributed by atoms with Crippen molar-refractivity contribution in [1.82, 2.24) is 9.88 Å². The molecule has 4 heteroatoms. The van der Waals surface area contributed by atoms with Crippen LogP contribution in [0.1, 0.15) is 25.0 Å². The van der Waals surface area contributed by atoms with E-state index in [2.05, 4.69) is 16.9 Å². The minimum absolute atomic E-state index is 0.679. The van der Waals surface area contributed by atoms with Crippen LogP contribution in [0.15, 0.2) is 18.2 Å². The van der Waals surface area contributed by atoms with Gasteiger partial charge in [-0.3, -0.25) is 0 Å². The Morgan fingerprint density at radius 1 is 1.29 bits per heavy atom. The highest BCUT2D eigenvalue weighted by Gasteiger charge is 2.02. The van der Waals surface area contributed by atoms with Gasteiger partial charge in [0.05, 0.1) is 12.8 Å². The van der Waals surface area contributed by atoms with Crippen LogP contribution in [0.5, 0.6) is 5.88 Å². The van der Waals surface area contributed by atoms with Crippen molar-refractivity contribution >= 4 is 11.6 Å². The molecule has 0 atom stereocenters. The lowest BCUT2D eigenvalue weighted by atomic mass is 10.2. The molecule has 0 aliphatic carbocycles. The molecule has 0 spiro atoms. The molecule has 0 amide bonds. The fourth-order valence-electron chi connectivity index (χ4n) is 1.67. The third-order valence-electron chi connectivity index (χ3n) is 2.60. The van der Waals surface area contributed by atoms with Crippen LogP contribution >= 0.6 is 11.6 Å². The molecule has 1 aromatic heterocycles. The minimum atomic E-state index is 0.679. The van der Waals surface area contributed by atoms with Gasteiger partial charge in [-0.15, -0.1) is 11.6 Å². The highest BCUT2D eigenvalue weighted by Crippen LogP contribution is 2.09. The van der Waals surface area contributed by atoms with Crippen molar-refractivity contribution in [2.24, 2.45) is 0 Å². The molecule has 0 N–H and O–H groups in total. The number of rotatable bonds is 8. The zero-order valence-corrected chi connectivity index (χ0v) is 11.4. The topological polar surface area (TPSA) is 25.4 Å². The molecule has 0 fully saturated rings. The molecule has 0 aliphatic rings. The predicted molar refractivity (Wildman–Crippen MR) is 71.7 cm³/mol. The fourth-order valence-corrected chi connectivity index (χ4v) is 1.86. The van der Waals surface area contributed by atoms with Crippen molar-refractivity contribution in [1.29, 1.82) is 0 Å². The highest BCUT2D eigenvalue weighted by atomic mass is 35.5. The van der Waals surface area contributed by atoms with Crippen molar-refractivity contribution in [2.45, 2.75) is 25.8 Å². The Morgan fingerprint density at radius 2 is 2.12 bits per heavy atom. The second-order valence-electron chi connectivity index (χ2n) is 4.16. The van der Waals surface area contributed by atoms with E-state index in [1.165, 1.54) is 12.8 Å². The number of hydrogen-bond acceptors (Lipinski definition) is 3. The first-order valence-corrected chi connectivity index (χ1v) is 6.54. The van der Waals surface area contributed by atoms with E-state index in [1.807, 2.05) is 18.2 Å². The summed E-state index contributed by atoms with van der Waals surface area (Å²) in [6.45, 7) is 1.94. The van der Waals surface area contributed by atoms with E-state index in [4.69, 9.17) is 16.3 Å². The summed E-state index contributed by atoms with van der Waals surface area (Å²) in [5.41, 5.74) is 1.05. The lowest BCUT2D eigenvalue weighted by Gasteiger charge is -2.16. The molecule has 1 aromatic rings. The minimum Gasteiger partial charge on any atom is -0.481 e. The van der Waals surface area contributed by atoms with Crippen molar-refractivity contribution in [3.05, 3.63) is 23.9 Å². The van der Waals surface area contributed by atoms with Crippen molar-refractivity contribution in [3.63, 3.8) is 0 Å². The number of ether oxygens (including phenoxy) is 1. The number of aromatic nitrogens is 1. The highest BCUT2D eigenvalue weighted by molar-refractivity contribution is 6.17. The van der Waals surface area contributed by atoms with Gasteiger partial charge < -0.3 is 9.64 Å². The van der Waals surface area contributed by atoms with E-state index in [1.54, 1.807) is 7.11 Å². The van der Waals surface area contributed by atoms with Gasteiger partial charge in [0.1, 0.15) is 0 Å². The van der Waals surface area contributed by atoms with Crippen LogP contribution in [0.4, 0.5) is 0 Å². The molecule has 0 aliphatic heterocycles. The summed E-state index contributed by atoms with van der Waals surface area (Å²) in [4.78, 5) is 6.66. The van der Waals surface area contributed by atoms with E-state index in [0.29, 0.717) is 5.88 Å². The zero-order chi connectivity index (χ0) is 12.5. The first kappa shape index (κ1) is 14.3. The summed E-state index contributed by atoms with van der Waals surface area (Å²) in [6, 6.07) is 5.87. The molecule has 0 bridgehead atoms. The number of nitrogens with zero attached hydrogens (tertiary/aromatic N) is 2. The Balaban J connectivity index is 2.31. The third-order valence-corrected chi connectivity index (χ3v) is 2.86. The van der Waals surface area contributed by atoms with Gasteiger partial charge in [0.25, 0.3) is 0 Å². The predicted octanol–water partition coefficient (Wildman–Crippen LogP) is 2.93. The number of unbranched alkanes of at least 4 members (excludes halogenated alkanes) is 2. The number of hydrogen-bond donors (Lipinski definition) is 0. The van der Waals surface area contributed by atoms with Gasteiger partial charge in [0.2, 0.25) is 5.88 Å². The first-order chi connectivity index (χ1) is 8.26. The van der Waals surface area contributed by atoms with Crippen LogP contribution in [0.2, 0.25) is 0 Å².